The second-order valence-electron chi connectivity index (χ2n) is 7.32. The summed E-state index contributed by atoms with van der Waals surface area (Å²) < 4.78 is 12.2. The molecular formula is C16H24N2O3. The minimum Gasteiger partial charge on any atom is -0.476 e. The van der Waals surface area contributed by atoms with Gasteiger partial charge in [0.15, 0.2) is 0 Å². The number of fused-ring (bicyclic) bond motifs is 2. The van der Waals surface area contributed by atoms with E-state index in [2.05, 4.69) is 5.10 Å². The third-order valence-corrected chi connectivity index (χ3v) is 4.47. The van der Waals surface area contributed by atoms with E-state index in [1.165, 1.54) is 30.4 Å². The van der Waals surface area contributed by atoms with Crippen molar-refractivity contribution >= 4 is 6.09 Å². The van der Waals surface area contributed by atoms with E-state index in [-0.39, 0.29) is 0 Å². The molecule has 0 amide bonds. The molecule has 0 spiro atoms. The van der Waals surface area contributed by atoms with Crippen molar-refractivity contribution in [1.29, 1.82) is 0 Å². The van der Waals surface area contributed by atoms with E-state index in [0.717, 1.165) is 11.8 Å². The number of rotatable bonds is 3. The summed E-state index contributed by atoms with van der Waals surface area (Å²) in [6.45, 7) is 6.22. The molecule has 1 heterocycles. The lowest BCUT2D eigenvalue weighted by molar-refractivity contribution is 0.0511. The number of aromatic nitrogens is 2. The van der Waals surface area contributed by atoms with Crippen LogP contribution in [0.3, 0.4) is 0 Å². The van der Waals surface area contributed by atoms with Crippen molar-refractivity contribution in [3.63, 3.8) is 0 Å². The molecule has 3 atom stereocenters. The lowest BCUT2D eigenvalue weighted by atomic mass is 9.90. The molecule has 21 heavy (non-hydrogen) atoms. The predicted molar refractivity (Wildman–Crippen MR) is 78.3 cm³/mol. The van der Waals surface area contributed by atoms with Gasteiger partial charge in [0.25, 0.3) is 0 Å². The number of carbonyl (C=O) groups excluding carboxylic acids is 1. The van der Waals surface area contributed by atoms with Crippen molar-refractivity contribution in [3.8, 4) is 5.88 Å². The van der Waals surface area contributed by atoms with Crippen LogP contribution in [0.1, 0.15) is 46.5 Å². The van der Waals surface area contributed by atoms with Gasteiger partial charge in [-0.25, -0.2) is 4.79 Å². The van der Waals surface area contributed by atoms with Crippen LogP contribution in [0.5, 0.6) is 5.88 Å². The molecule has 0 radical (unpaired) electrons. The van der Waals surface area contributed by atoms with E-state index in [1.54, 1.807) is 12.3 Å². The molecule has 5 nitrogen and oxygen atoms in total. The molecular weight excluding hydrogens is 268 g/mol. The van der Waals surface area contributed by atoms with E-state index >= 15 is 0 Å². The van der Waals surface area contributed by atoms with E-state index in [1.807, 2.05) is 20.8 Å². The van der Waals surface area contributed by atoms with Gasteiger partial charge in [0, 0.05) is 12.3 Å². The van der Waals surface area contributed by atoms with Gasteiger partial charge < -0.3 is 9.47 Å². The SMILES string of the molecule is CC(C)(C)OC(=O)n1ccc(OCC2C[C@@H]3CC[C@H]2C3)n1. The Morgan fingerprint density at radius 2 is 2.19 bits per heavy atom. The van der Waals surface area contributed by atoms with E-state index < -0.39 is 11.7 Å². The maximum absolute atomic E-state index is 11.9. The maximum Gasteiger partial charge on any atom is 0.435 e. The van der Waals surface area contributed by atoms with Gasteiger partial charge in [-0.1, -0.05) is 6.42 Å². The summed E-state index contributed by atoms with van der Waals surface area (Å²) in [6, 6.07) is 1.72. The monoisotopic (exact) mass is 292 g/mol. The third kappa shape index (κ3) is 3.39. The standard InChI is InChI=1S/C16H24N2O3/c1-16(2,3)21-15(19)18-7-6-14(17-18)20-10-13-9-11-4-5-12(13)8-11/h6-7,11-13H,4-5,8-10H2,1-3H3/t11-,12+,13?/m1/s1. The summed E-state index contributed by atoms with van der Waals surface area (Å²) in [6.07, 6.45) is 6.53. The van der Waals surface area contributed by atoms with Gasteiger partial charge in [-0.05, 0) is 57.8 Å². The lowest BCUT2D eigenvalue weighted by Gasteiger charge is -2.21. The highest BCUT2D eigenvalue weighted by atomic mass is 16.6. The van der Waals surface area contributed by atoms with E-state index in [0.29, 0.717) is 18.4 Å². The molecule has 3 rings (SSSR count). The second-order valence-corrected chi connectivity index (χ2v) is 7.32. The van der Waals surface area contributed by atoms with Gasteiger partial charge >= 0.3 is 6.09 Å². The fourth-order valence-corrected chi connectivity index (χ4v) is 3.57. The molecule has 0 N–H and O–H groups in total. The molecule has 0 aromatic carbocycles. The molecule has 2 aliphatic carbocycles. The molecule has 1 aromatic heterocycles. The summed E-state index contributed by atoms with van der Waals surface area (Å²) in [5, 5.41) is 4.14. The molecule has 0 aliphatic heterocycles. The molecule has 2 fully saturated rings. The smallest absolute Gasteiger partial charge is 0.435 e. The van der Waals surface area contributed by atoms with E-state index in [4.69, 9.17) is 9.47 Å². The summed E-state index contributed by atoms with van der Waals surface area (Å²) in [5.74, 6) is 2.92. The minimum absolute atomic E-state index is 0.475. The Labute approximate surface area is 125 Å². The molecule has 1 aromatic rings. The fraction of sp³-hybridized carbons (Fsp3) is 0.750. The van der Waals surface area contributed by atoms with Crippen LogP contribution in [0.15, 0.2) is 12.3 Å². The Hall–Kier alpha value is -1.52. The van der Waals surface area contributed by atoms with Crippen LogP contribution in [0, 0.1) is 17.8 Å². The molecule has 116 valence electrons. The molecule has 0 saturated heterocycles. The summed E-state index contributed by atoms with van der Waals surface area (Å²) >= 11 is 0. The van der Waals surface area contributed by atoms with Crippen LogP contribution in [0.25, 0.3) is 0 Å². The highest BCUT2D eigenvalue weighted by molar-refractivity contribution is 5.69. The summed E-state index contributed by atoms with van der Waals surface area (Å²) in [4.78, 5) is 11.9. The first kappa shape index (κ1) is 14.4. The average molecular weight is 292 g/mol. The molecule has 2 bridgehead atoms. The van der Waals surface area contributed by atoms with Crippen molar-refractivity contribution in [3.05, 3.63) is 12.3 Å². The Balaban J connectivity index is 1.52. The summed E-state index contributed by atoms with van der Waals surface area (Å²) in [5.41, 5.74) is -0.521. The molecule has 2 saturated carbocycles. The highest BCUT2D eigenvalue weighted by Crippen LogP contribution is 2.48. The first-order valence-corrected chi connectivity index (χ1v) is 7.82. The zero-order chi connectivity index (χ0) is 15.0. The van der Waals surface area contributed by atoms with Gasteiger partial charge in [-0.15, -0.1) is 5.10 Å². The Bertz CT molecular complexity index is 518. The second kappa shape index (κ2) is 5.35. The molecule has 1 unspecified atom stereocenters. The maximum atomic E-state index is 11.9. The van der Waals surface area contributed by atoms with Crippen molar-refractivity contribution < 1.29 is 14.3 Å². The zero-order valence-electron chi connectivity index (χ0n) is 13.0. The first-order chi connectivity index (χ1) is 9.90. The lowest BCUT2D eigenvalue weighted by Crippen LogP contribution is -2.27. The normalized spacial score (nSPS) is 27.9. The van der Waals surface area contributed by atoms with Gasteiger partial charge in [-0.2, -0.15) is 4.68 Å². The number of ether oxygens (including phenoxy) is 2. The van der Waals surface area contributed by atoms with Crippen LogP contribution in [-0.4, -0.2) is 28.1 Å². The van der Waals surface area contributed by atoms with Gasteiger partial charge in [0.05, 0.1) is 6.61 Å². The van der Waals surface area contributed by atoms with Crippen molar-refractivity contribution in [2.45, 2.75) is 52.1 Å². The van der Waals surface area contributed by atoms with Gasteiger partial charge in [-0.3, -0.25) is 0 Å². The number of hydrogen-bond acceptors (Lipinski definition) is 4. The molecule has 2 aliphatic rings. The Morgan fingerprint density at radius 3 is 2.81 bits per heavy atom. The number of carbonyl (C=O) groups is 1. The Kier molecular flexibility index (Phi) is 3.68. The highest BCUT2D eigenvalue weighted by Gasteiger charge is 2.39. The van der Waals surface area contributed by atoms with Crippen LogP contribution in [0.4, 0.5) is 4.79 Å². The van der Waals surface area contributed by atoms with Crippen molar-refractivity contribution in [2.75, 3.05) is 6.61 Å². The fourth-order valence-electron chi connectivity index (χ4n) is 3.57. The Morgan fingerprint density at radius 1 is 1.38 bits per heavy atom. The topological polar surface area (TPSA) is 53.4 Å². The number of hydrogen-bond donors (Lipinski definition) is 0. The van der Waals surface area contributed by atoms with Gasteiger partial charge in [0.1, 0.15) is 5.60 Å². The first-order valence-electron chi connectivity index (χ1n) is 7.82. The summed E-state index contributed by atoms with van der Waals surface area (Å²) in [7, 11) is 0. The van der Waals surface area contributed by atoms with Gasteiger partial charge in [0.2, 0.25) is 5.88 Å². The van der Waals surface area contributed by atoms with Crippen LogP contribution in [0.2, 0.25) is 0 Å². The zero-order valence-corrected chi connectivity index (χ0v) is 13.0. The average Bonchev–Trinajstić information content (AvgIpc) is 3.10. The number of nitrogens with zero attached hydrogens (tertiary/aromatic N) is 2. The largest absolute Gasteiger partial charge is 0.476 e. The van der Waals surface area contributed by atoms with Crippen molar-refractivity contribution in [1.82, 2.24) is 9.78 Å². The molecule has 5 heteroatoms. The predicted octanol–water partition coefficient (Wildman–Crippen LogP) is 3.48. The van der Waals surface area contributed by atoms with Crippen LogP contribution in [-0.2, 0) is 4.74 Å². The quantitative estimate of drug-likeness (QED) is 0.856. The van der Waals surface area contributed by atoms with E-state index in [9.17, 15) is 4.79 Å². The third-order valence-electron chi connectivity index (χ3n) is 4.47. The van der Waals surface area contributed by atoms with Crippen molar-refractivity contribution in [2.24, 2.45) is 17.8 Å². The van der Waals surface area contributed by atoms with Crippen LogP contribution < -0.4 is 4.74 Å². The van der Waals surface area contributed by atoms with Crippen LogP contribution >= 0.6 is 0 Å². The minimum atomic E-state index is -0.521.